The van der Waals surface area contributed by atoms with E-state index in [1.807, 2.05) is 62.4 Å². The Morgan fingerprint density at radius 3 is 2.52 bits per heavy atom. The van der Waals surface area contributed by atoms with Gasteiger partial charge in [0.2, 0.25) is 5.82 Å². The maximum absolute atomic E-state index is 5.42. The van der Waals surface area contributed by atoms with E-state index in [2.05, 4.69) is 10.1 Å². The van der Waals surface area contributed by atoms with Gasteiger partial charge in [-0.05, 0) is 43.7 Å². The van der Waals surface area contributed by atoms with Crippen molar-refractivity contribution in [3.63, 3.8) is 0 Å². The van der Waals surface area contributed by atoms with Crippen molar-refractivity contribution in [2.45, 2.75) is 13.8 Å². The molecular weight excluding hydrogens is 264 g/mol. The van der Waals surface area contributed by atoms with Crippen LogP contribution in [0.2, 0.25) is 0 Å². The summed E-state index contributed by atoms with van der Waals surface area (Å²) in [5, 5.41) is 4.07. The number of hydrogen-bond donors (Lipinski definition) is 0. The lowest BCUT2D eigenvalue weighted by atomic mass is 10.1. The Bertz CT molecular complexity index is 733. The summed E-state index contributed by atoms with van der Waals surface area (Å²) >= 11 is 0. The molecule has 0 bridgehead atoms. The van der Waals surface area contributed by atoms with Gasteiger partial charge in [-0.1, -0.05) is 29.4 Å². The van der Waals surface area contributed by atoms with Crippen LogP contribution in [0.5, 0.6) is 5.75 Å². The molecule has 2 aromatic carbocycles. The topological polar surface area (TPSA) is 48.2 Å². The van der Waals surface area contributed by atoms with Crippen molar-refractivity contribution in [1.82, 2.24) is 10.1 Å². The highest BCUT2D eigenvalue weighted by atomic mass is 16.5. The third-order valence-electron chi connectivity index (χ3n) is 3.22. The summed E-state index contributed by atoms with van der Waals surface area (Å²) in [6, 6.07) is 15.6. The average Bonchev–Trinajstić information content (AvgIpc) is 2.98. The predicted molar refractivity (Wildman–Crippen MR) is 81.1 cm³/mol. The van der Waals surface area contributed by atoms with E-state index in [4.69, 9.17) is 9.26 Å². The number of rotatable bonds is 4. The Morgan fingerprint density at radius 2 is 1.81 bits per heavy atom. The van der Waals surface area contributed by atoms with Gasteiger partial charge >= 0.3 is 0 Å². The molecule has 0 spiro atoms. The predicted octanol–water partition coefficient (Wildman–Crippen LogP) is 4.11. The van der Waals surface area contributed by atoms with E-state index in [-0.39, 0.29) is 0 Å². The molecule has 0 fully saturated rings. The fraction of sp³-hybridized carbons (Fsp3) is 0.176. The number of ether oxygens (including phenoxy) is 1. The van der Waals surface area contributed by atoms with Crippen LogP contribution >= 0.6 is 0 Å². The molecule has 0 amide bonds. The number of aromatic nitrogens is 2. The first kappa shape index (κ1) is 13.4. The van der Waals surface area contributed by atoms with Crippen molar-refractivity contribution in [3.05, 3.63) is 54.1 Å². The lowest BCUT2D eigenvalue weighted by Gasteiger charge is -2.02. The highest BCUT2D eigenvalue weighted by Crippen LogP contribution is 2.25. The Balaban J connectivity index is 1.89. The van der Waals surface area contributed by atoms with E-state index in [1.54, 1.807) is 0 Å². The minimum absolute atomic E-state index is 0.510. The summed E-state index contributed by atoms with van der Waals surface area (Å²) in [4.78, 5) is 4.47. The largest absolute Gasteiger partial charge is 0.494 e. The first-order valence-electron chi connectivity index (χ1n) is 6.91. The lowest BCUT2D eigenvalue weighted by molar-refractivity contribution is 0.340. The lowest BCUT2D eigenvalue weighted by Crippen LogP contribution is -1.90. The van der Waals surface area contributed by atoms with Crippen molar-refractivity contribution < 1.29 is 9.26 Å². The SMILES string of the molecule is CCOc1ccc(-c2nc(-c3ccccc3C)no2)cc1. The van der Waals surface area contributed by atoms with Gasteiger partial charge < -0.3 is 9.26 Å². The van der Waals surface area contributed by atoms with E-state index >= 15 is 0 Å². The van der Waals surface area contributed by atoms with Crippen LogP contribution in [0.1, 0.15) is 12.5 Å². The first-order chi connectivity index (χ1) is 10.3. The first-order valence-corrected chi connectivity index (χ1v) is 6.91. The Kier molecular flexibility index (Phi) is 3.69. The molecule has 0 saturated heterocycles. The second-order valence-electron chi connectivity index (χ2n) is 4.70. The maximum atomic E-state index is 5.42. The Labute approximate surface area is 123 Å². The van der Waals surface area contributed by atoms with Crippen LogP contribution in [0.15, 0.2) is 53.1 Å². The zero-order valence-corrected chi connectivity index (χ0v) is 12.0. The highest BCUT2D eigenvalue weighted by Gasteiger charge is 2.12. The van der Waals surface area contributed by atoms with E-state index in [1.165, 1.54) is 0 Å². The summed E-state index contributed by atoms with van der Waals surface area (Å²) < 4.78 is 10.8. The molecule has 0 aliphatic rings. The molecule has 0 radical (unpaired) electrons. The van der Waals surface area contributed by atoms with Crippen molar-refractivity contribution >= 4 is 0 Å². The zero-order chi connectivity index (χ0) is 14.7. The van der Waals surface area contributed by atoms with Gasteiger partial charge in [-0.25, -0.2) is 0 Å². The zero-order valence-electron chi connectivity index (χ0n) is 12.0. The van der Waals surface area contributed by atoms with Crippen LogP contribution in [-0.4, -0.2) is 16.7 Å². The molecule has 4 nitrogen and oxygen atoms in total. The van der Waals surface area contributed by atoms with Gasteiger partial charge in [-0.15, -0.1) is 0 Å². The van der Waals surface area contributed by atoms with Gasteiger partial charge in [0.1, 0.15) is 5.75 Å². The van der Waals surface area contributed by atoms with E-state index in [0.29, 0.717) is 18.3 Å². The number of benzene rings is 2. The number of hydrogen-bond acceptors (Lipinski definition) is 4. The minimum atomic E-state index is 0.510. The smallest absolute Gasteiger partial charge is 0.258 e. The van der Waals surface area contributed by atoms with Crippen LogP contribution < -0.4 is 4.74 Å². The molecule has 4 heteroatoms. The van der Waals surface area contributed by atoms with Gasteiger partial charge in [0, 0.05) is 11.1 Å². The molecule has 0 saturated carbocycles. The molecule has 21 heavy (non-hydrogen) atoms. The third kappa shape index (κ3) is 2.79. The summed E-state index contributed by atoms with van der Waals surface area (Å²) in [6.07, 6.45) is 0. The van der Waals surface area contributed by atoms with E-state index in [0.717, 1.165) is 22.4 Å². The van der Waals surface area contributed by atoms with Gasteiger partial charge in [0.05, 0.1) is 6.61 Å². The van der Waals surface area contributed by atoms with Gasteiger partial charge in [-0.3, -0.25) is 0 Å². The molecule has 3 aromatic rings. The van der Waals surface area contributed by atoms with Gasteiger partial charge in [0.15, 0.2) is 0 Å². The van der Waals surface area contributed by atoms with Crippen molar-refractivity contribution in [3.8, 4) is 28.6 Å². The van der Waals surface area contributed by atoms with Crippen molar-refractivity contribution in [2.24, 2.45) is 0 Å². The van der Waals surface area contributed by atoms with Crippen LogP contribution in [0.3, 0.4) is 0 Å². The molecule has 0 N–H and O–H groups in total. The number of aryl methyl sites for hydroxylation is 1. The van der Waals surface area contributed by atoms with Crippen LogP contribution in [0.4, 0.5) is 0 Å². The molecule has 0 aliphatic heterocycles. The second-order valence-corrected chi connectivity index (χ2v) is 4.70. The van der Waals surface area contributed by atoms with E-state index in [9.17, 15) is 0 Å². The van der Waals surface area contributed by atoms with Crippen molar-refractivity contribution in [2.75, 3.05) is 6.61 Å². The summed E-state index contributed by atoms with van der Waals surface area (Å²) in [6.45, 7) is 4.64. The highest BCUT2D eigenvalue weighted by molar-refractivity contribution is 5.62. The summed E-state index contributed by atoms with van der Waals surface area (Å²) in [5.41, 5.74) is 2.99. The molecule has 1 heterocycles. The Hall–Kier alpha value is -2.62. The maximum Gasteiger partial charge on any atom is 0.258 e. The molecular formula is C17H16N2O2. The molecule has 106 valence electrons. The van der Waals surface area contributed by atoms with Gasteiger partial charge in [-0.2, -0.15) is 4.98 Å². The minimum Gasteiger partial charge on any atom is -0.494 e. The quantitative estimate of drug-likeness (QED) is 0.721. The van der Waals surface area contributed by atoms with Crippen molar-refractivity contribution in [1.29, 1.82) is 0 Å². The molecule has 0 unspecified atom stereocenters. The fourth-order valence-electron chi connectivity index (χ4n) is 2.13. The number of nitrogens with zero attached hydrogens (tertiary/aromatic N) is 2. The second kappa shape index (κ2) is 5.79. The van der Waals surface area contributed by atoms with Crippen LogP contribution in [-0.2, 0) is 0 Å². The Morgan fingerprint density at radius 1 is 1.05 bits per heavy atom. The summed E-state index contributed by atoms with van der Waals surface area (Å²) in [7, 11) is 0. The van der Waals surface area contributed by atoms with E-state index < -0.39 is 0 Å². The van der Waals surface area contributed by atoms with Crippen LogP contribution in [0.25, 0.3) is 22.8 Å². The van der Waals surface area contributed by atoms with Crippen LogP contribution in [0, 0.1) is 6.92 Å². The fourth-order valence-corrected chi connectivity index (χ4v) is 2.13. The summed E-state index contributed by atoms with van der Waals surface area (Å²) in [5.74, 6) is 1.95. The van der Waals surface area contributed by atoms with Gasteiger partial charge in [0.25, 0.3) is 5.89 Å². The molecule has 0 atom stereocenters. The standard InChI is InChI=1S/C17H16N2O2/c1-3-20-14-10-8-13(9-11-14)17-18-16(19-21-17)15-7-5-4-6-12(15)2/h4-11H,3H2,1-2H3. The third-order valence-corrected chi connectivity index (χ3v) is 3.22. The molecule has 0 aliphatic carbocycles. The normalized spacial score (nSPS) is 10.6. The average molecular weight is 280 g/mol. The monoisotopic (exact) mass is 280 g/mol. The molecule has 1 aromatic heterocycles. The molecule has 3 rings (SSSR count).